The summed E-state index contributed by atoms with van der Waals surface area (Å²) in [4.78, 5) is 4.59. The number of unbranched alkanes of at least 4 members (excludes halogenated alkanes) is 1. The Bertz CT molecular complexity index is 597. The van der Waals surface area contributed by atoms with Crippen molar-refractivity contribution in [3.8, 4) is 0 Å². The summed E-state index contributed by atoms with van der Waals surface area (Å²) in [6.07, 6.45) is 7.64. The molecule has 0 spiro atoms. The average Bonchev–Trinajstić information content (AvgIpc) is 2.65. The van der Waals surface area contributed by atoms with Crippen molar-refractivity contribution in [2.75, 3.05) is 6.61 Å². The van der Waals surface area contributed by atoms with E-state index in [0.29, 0.717) is 6.10 Å². The molecule has 2 aromatic rings. The maximum absolute atomic E-state index is 6.05. The number of hydrogen-bond donors (Lipinski definition) is 0. The second-order valence-corrected chi connectivity index (χ2v) is 8.53. The Morgan fingerprint density at radius 1 is 0.875 bits per heavy atom. The van der Waals surface area contributed by atoms with E-state index in [4.69, 9.17) is 4.74 Å². The van der Waals surface area contributed by atoms with Crippen molar-refractivity contribution >= 4 is 15.3 Å². The molecule has 1 fully saturated rings. The highest BCUT2D eigenvalue weighted by molar-refractivity contribution is 8.16. The zero-order valence-corrected chi connectivity index (χ0v) is 15.4. The highest BCUT2D eigenvalue weighted by Crippen LogP contribution is 2.40. The van der Waals surface area contributed by atoms with Gasteiger partial charge in [-0.3, -0.25) is 0 Å². The molecule has 0 saturated heterocycles. The molecule has 0 radical (unpaired) electrons. The van der Waals surface area contributed by atoms with E-state index in [1.54, 1.807) is 4.86 Å². The summed E-state index contributed by atoms with van der Waals surface area (Å²) in [6, 6.07) is 22.0. The summed E-state index contributed by atoms with van der Waals surface area (Å²) in [5.41, 5.74) is 0. The third kappa shape index (κ3) is 4.58. The summed E-state index contributed by atoms with van der Waals surface area (Å²) in [6.45, 7) is 3.15. The second kappa shape index (κ2) is 9.19. The Kier molecular flexibility index (Phi) is 6.68. The molecule has 128 valence electrons. The van der Waals surface area contributed by atoms with Crippen molar-refractivity contribution in [3.05, 3.63) is 60.7 Å². The normalized spacial score (nSPS) is 18.1. The van der Waals surface area contributed by atoms with Crippen LogP contribution in [0.1, 0.15) is 45.4 Å². The highest BCUT2D eigenvalue weighted by atomic mass is 32.2. The molecule has 0 bridgehead atoms. The lowest BCUT2D eigenvalue weighted by Crippen LogP contribution is -2.22. The minimum Gasteiger partial charge on any atom is -0.378 e. The first kappa shape index (κ1) is 17.4. The molecule has 0 heterocycles. The molecule has 0 N–H and O–H groups in total. The topological polar surface area (TPSA) is 9.23 Å². The van der Waals surface area contributed by atoms with Crippen molar-refractivity contribution in [2.24, 2.45) is 0 Å². The molecule has 0 unspecified atom stereocenters. The van der Waals surface area contributed by atoms with Gasteiger partial charge in [-0.05, 0) is 61.2 Å². The lowest BCUT2D eigenvalue weighted by Gasteiger charge is -2.27. The van der Waals surface area contributed by atoms with Gasteiger partial charge >= 0.3 is 0 Å². The number of ether oxygens (including phenoxy) is 1. The lowest BCUT2D eigenvalue weighted by atomic mass is 9.97. The molecule has 24 heavy (non-hydrogen) atoms. The Balaban J connectivity index is 1.80. The van der Waals surface area contributed by atoms with E-state index in [-0.39, 0.29) is 10.5 Å². The monoisotopic (exact) mass is 340 g/mol. The predicted octanol–water partition coefficient (Wildman–Crippen LogP) is 6.31. The lowest BCUT2D eigenvalue weighted by molar-refractivity contribution is 0.0389. The van der Waals surface area contributed by atoms with Crippen molar-refractivity contribution in [2.45, 2.75) is 61.3 Å². The van der Waals surface area contributed by atoms with Gasteiger partial charge in [0.25, 0.3) is 0 Å². The van der Waals surface area contributed by atoms with E-state index >= 15 is 0 Å². The fourth-order valence-corrected chi connectivity index (χ4v) is 5.70. The number of hydrogen-bond acceptors (Lipinski definition) is 1. The van der Waals surface area contributed by atoms with Crippen molar-refractivity contribution < 1.29 is 4.74 Å². The van der Waals surface area contributed by atoms with Gasteiger partial charge < -0.3 is 4.74 Å². The first-order valence-corrected chi connectivity index (χ1v) is 10.4. The smallest absolute Gasteiger partial charge is 0.0581 e. The van der Waals surface area contributed by atoms with Gasteiger partial charge in [0.15, 0.2) is 0 Å². The minimum absolute atomic E-state index is 0.101. The van der Waals surface area contributed by atoms with E-state index in [9.17, 15) is 0 Å². The van der Waals surface area contributed by atoms with Crippen LogP contribution in [0.2, 0.25) is 0 Å². The van der Waals surface area contributed by atoms with Crippen LogP contribution in [-0.2, 0) is 4.74 Å². The molecular formula is C22H28OS. The van der Waals surface area contributed by atoms with Gasteiger partial charge in [-0.25, -0.2) is 0 Å². The van der Waals surface area contributed by atoms with Gasteiger partial charge in [0.05, 0.1) is 6.10 Å². The van der Waals surface area contributed by atoms with Crippen LogP contribution in [0.5, 0.6) is 0 Å². The van der Waals surface area contributed by atoms with E-state index < -0.39 is 0 Å². The third-order valence-electron chi connectivity index (χ3n) is 4.59. The van der Waals surface area contributed by atoms with Gasteiger partial charge in [0.1, 0.15) is 0 Å². The molecule has 0 aromatic heterocycles. The maximum Gasteiger partial charge on any atom is 0.0581 e. The van der Waals surface area contributed by atoms with Crippen molar-refractivity contribution in [1.82, 2.24) is 0 Å². The Morgan fingerprint density at radius 3 is 1.92 bits per heavy atom. The first-order valence-electron chi connectivity index (χ1n) is 9.19. The summed E-state index contributed by atoms with van der Waals surface area (Å²) in [5.74, 6) is 0. The molecule has 1 aliphatic rings. The molecule has 1 saturated carbocycles. The number of rotatable bonds is 6. The van der Waals surface area contributed by atoms with Crippen LogP contribution in [-0.4, -0.2) is 17.6 Å². The average molecular weight is 341 g/mol. The summed E-state index contributed by atoms with van der Waals surface area (Å²) >= 11 is 0. The van der Waals surface area contributed by atoms with E-state index in [1.807, 2.05) is 0 Å². The van der Waals surface area contributed by atoms with Gasteiger partial charge in [-0.1, -0.05) is 49.7 Å². The van der Waals surface area contributed by atoms with Gasteiger partial charge in [0.2, 0.25) is 0 Å². The van der Waals surface area contributed by atoms with Crippen LogP contribution in [0.3, 0.4) is 0 Å². The zero-order chi connectivity index (χ0) is 16.6. The van der Waals surface area contributed by atoms with Crippen molar-refractivity contribution in [1.29, 1.82) is 0 Å². The Hall–Kier alpha value is -1.38. The molecule has 2 heteroatoms. The van der Waals surface area contributed by atoms with Crippen LogP contribution in [0, 0.1) is 0 Å². The largest absolute Gasteiger partial charge is 0.378 e. The maximum atomic E-state index is 6.05. The van der Waals surface area contributed by atoms with Crippen LogP contribution >= 0.6 is 10.5 Å². The van der Waals surface area contributed by atoms with E-state index in [0.717, 1.165) is 6.61 Å². The molecule has 3 rings (SSSR count). The summed E-state index contributed by atoms with van der Waals surface area (Å²) < 4.78 is 6.05. The standard InChI is InChI=1S/C22H28OS/c1-2-3-18-23-19-14-16-22(17-15-19)24(20-10-6-4-7-11-20)21-12-8-5-9-13-21/h4-13,19H,2-3,14-18H2,1H3. The van der Waals surface area contributed by atoms with E-state index in [1.165, 1.54) is 48.3 Å². The molecule has 0 aliphatic heterocycles. The second-order valence-electron chi connectivity index (χ2n) is 6.39. The third-order valence-corrected chi connectivity index (χ3v) is 7.06. The molecular weight excluding hydrogens is 312 g/mol. The number of benzene rings is 2. The van der Waals surface area contributed by atoms with E-state index in [2.05, 4.69) is 67.6 Å². The summed E-state index contributed by atoms with van der Waals surface area (Å²) in [5, 5.41) is 0. The molecule has 1 nitrogen and oxygen atoms in total. The van der Waals surface area contributed by atoms with Gasteiger partial charge in [-0.15, -0.1) is 10.5 Å². The van der Waals surface area contributed by atoms with Gasteiger partial charge in [-0.2, -0.15) is 0 Å². The summed E-state index contributed by atoms with van der Waals surface area (Å²) in [7, 11) is 0.101. The first-order chi connectivity index (χ1) is 11.9. The fourth-order valence-electron chi connectivity index (χ4n) is 3.26. The van der Waals surface area contributed by atoms with Crippen molar-refractivity contribution in [3.63, 3.8) is 0 Å². The Morgan fingerprint density at radius 2 is 1.42 bits per heavy atom. The van der Waals surface area contributed by atoms with Crippen LogP contribution in [0.15, 0.2) is 70.5 Å². The van der Waals surface area contributed by atoms with Crippen LogP contribution in [0.25, 0.3) is 0 Å². The quantitative estimate of drug-likeness (QED) is 0.442. The van der Waals surface area contributed by atoms with Crippen LogP contribution < -0.4 is 0 Å². The Labute approximate surface area is 149 Å². The predicted molar refractivity (Wildman–Crippen MR) is 105 cm³/mol. The molecule has 0 atom stereocenters. The van der Waals surface area contributed by atoms with Gasteiger partial charge in [0, 0.05) is 16.4 Å². The zero-order valence-electron chi connectivity index (χ0n) is 14.6. The highest BCUT2D eigenvalue weighted by Gasteiger charge is 2.20. The fraction of sp³-hybridized carbons (Fsp3) is 0.409. The minimum atomic E-state index is 0.101. The molecule has 2 aromatic carbocycles. The molecule has 0 amide bonds. The van der Waals surface area contributed by atoms with Crippen LogP contribution in [0.4, 0.5) is 0 Å². The molecule has 1 aliphatic carbocycles. The SMILES string of the molecule is CCCCOC1CCC(=S(c2ccccc2)c2ccccc2)CC1.